The van der Waals surface area contributed by atoms with E-state index in [-0.39, 0.29) is 24.5 Å². The lowest BCUT2D eigenvalue weighted by Crippen LogP contribution is -2.10. The molecular weight excluding hydrogens is 216 g/mol. The largest absolute Gasteiger partial charge is 0.481 e. The smallest absolute Gasteiger partial charge is 0.303 e. The van der Waals surface area contributed by atoms with Crippen LogP contribution in [0.5, 0.6) is 0 Å². The molecule has 0 spiro atoms. The third kappa shape index (κ3) is 4.02. The molecule has 1 N–H and O–H groups in total. The summed E-state index contributed by atoms with van der Waals surface area (Å²) in [5, 5.41) is 8.64. The van der Waals surface area contributed by atoms with Crippen molar-refractivity contribution in [1.82, 2.24) is 0 Å². The van der Waals surface area contributed by atoms with Crippen LogP contribution in [0.3, 0.4) is 0 Å². The van der Waals surface area contributed by atoms with Gasteiger partial charge < -0.3 is 5.11 Å². The Morgan fingerprint density at radius 1 is 1.18 bits per heavy atom. The molecule has 0 unspecified atom stereocenters. The van der Waals surface area contributed by atoms with Crippen LogP contribution in [0.4, 0.5) is 0 Å². The van der Waals surface area contributed by atoms with Gasteiger partial charge in [-0.25, -0.2) is 0 Å². The lowest BCUT2D eigenvalue weighted by molar-refractivity contribution is -0.137. The Morgan fingerprint density at radius 2 is 1.82 bits per heavy atom. The minimum atomic E-state index is -0.856. The molecule has 3 heteroatoms. The lowest BCUT2D eigenvalue weighted by atomic mass is 9.95. The van der Waals surface area contributed by atoms with Crippen molar-refractivity contribution in [3.05, 3.63) is 34.9 Å². The Morgan fingerprint density at radius 3 is 2.35 bits per heavy atom. The van der Waals surface area contributed by atoms with Crippen LogP contribution in [0.15, 0.2) is 18.2 Å². The molecule has 1 rings (SSSR count). The summed E-state index contributed by atoms with van der Waals surface area (Å²) >= 11 is 0. The first-order valence-corrected chi connectivity index (χ1v) is 5.72. The predicted octanol–water partition coefficient (Wildman–Crippen LogP) is 2.99. The molecule has 1 atom stereocenters. The van der Waals surface area contributed by atoms with Gasteiger partial charge in [0.1, 0.15) is 0 Å². The fraction of sp³-hybridized carbons (Fsp3) is 0.429. The number of hydrogen-bond donors (Lipinski definition) is 1. The topological polar surface area (TPSA) is 54.4 Å². The van der Waals surface area contributed by atoms with Gasteiger partial charge in [0.15, 0.2) is 5.78 Å². The number of aryl methyl sites for hydroxylation is 2. The summed E-state index contributed by atoms with van der Waals surface area (Å²) < 4.78 is 0. The molecular formula is C14H18O3. The van der Waals surface area contributed by atoms with Gasteiger partial charge in [0.05, 0.1) is 0 Å². The third-order valence-electron chi connectivity index (χ3n) is 2.89. The van der Waals surface area contributed by atoms with Crippen LogP contribution in [0, 0.1) is 19.8 Å². The second-order valence-electron chi connectivity index (χ2n) is 4.63. The van der Waals surface area contributed by atoms with Gasteiger partial charge in [-0.05, 0) is 37.0 Å². The summed E-state index contributed by atoms with van der Waals surface area (Å²) in [5.74, 6) is -0.964. The molecule has 0 amide bonds. The molecule has 0 radical (unpaired) electrons. The van der Waals surface area contributed by atoms with Crippen molar-refractivity contribution in [3.63, 3.8) is 0 Å². The van der Waals surface area contributed by atoms with E-state index in [4.69, 9.17) is 5.11 Å². The fourth-order valence-corrected chi connectivity index (χ4v) is 1.72. The summed E-state index contributed by atoms with van der Waals surface area (Å²) in [6.07, 6.45) is 0.325. The highest BCUT2D eigenvalue weighted by molar-refractivity contribution is 5.96. The minimum Gasteiger partial charge on any atom is -0.481 e. The number of benzene rings is 1. The molecule has 0 saturated heterocycles. The van der Waals surface area contributed by atoms with Crippen molar-refractivity contribution in [2.75, 3.05) is 0 Å². The number of ketones is 1. The molecule has 0 aromatic heterocycles. The van der Waals surface area contributed by atoms with Gasteiger partial charge in [0, 0.05) is 18.4 Å². The number of carbonyl (C=O) groups excluding carboxylic acids is 1. The summed E-state index contributed by atoms with van der Waals surface area (Å²) in [7, 11) is 0. The predicted molar refractivity (Wildman–Crippen MR) is 66.3 cm³/mol. The quantitative estimate of drug-likeness (QED) is 0.797. The van der Waals surface area contributed by atoms with Crippen LogP contribution in [-0.2, 0) is 4.79 Å². The van der Waals surface area contributed by atoms with E-state index in [1.165, 1.54) is 0 Å². The number of rotatable bonds is 5. The van der Waals surface area contributed by atoms with Crippen molar-refractivity contribution >= 4 is 11.8 Å². The van der Waals surface area contributed by atoms with Crippen molar-refractivity contribution in [2.24, 2.45) is 5.92 Å². The van der Waals surface area contributed by atoms with E-state index in [0.29, 0.717) is 5.56 Å². The second kappa shape index (κ2) is 5.62. The van der Waals surface area contributed by atoms with Crippen LogP contribution < -0.4 is 0 Å². The minimum absolute atomic E-state index is 0.0156. The third-order valence-corrected chi connectivity index (χ3v) is 2.89. The summed E-state index contributed by atoms with van der Waals surface area (Å²) in [6.45, 7) is 5.75. The average molecular weight is 234 g/mol. The zero-order chi connectivity index (χ0) is 13.0. The molecule has 0 aliphatic heterocycles. The lowest BCUT2D eigenvalue weighted by Gasteiger charge is -2.08. The number of hydrogen-bond acceptors (Lipinski definition) is 2. The number of carboxylic acid groups (broad SMARTS) is 1. The Balaban J connectivity index is 2.70. The average Bonchev–Trinajstić information content (AvgIpc) is 2.20. The van der Waals surface area contributed by atoms with Gasteiger partial charge in [-0.2, -0.15) is 0 Å². The first-order chi connectivity index (χ1) is 7.90. The molecule has 0 fully saturated rings. The van der Waals surface area contributed by atoms with E-state index in [0.717, 1.165) is 11.1 Å². The number of Topliss-reactive ketones (excluding diaryl/α,β-unsaturated/α-hetero) is 1. The molecule has 3 nitrogen and oxygen atoms in total. The standard InChI is InChI=1S/C14H18O3/c1-9(7-14(16)17)6-13(15)12-5-4-10(2)11(3)8-12/h4-5,8-9H,6-7H2,1-3H3,(H,16,17)/t9-/m1/s1. The van der Waals surface area contributed by atoms with E-state index in [1.54, 1.807) is 13.0 Å². The highest BCUT2D eigenvalue weighted by Crippen LogP contribution is 2.16. The fourth-order valence-electron chi connectivity index (χ4n) is 1.72. The van der Waals surface area contributed by atoms with Gasteiger partial charge in [0.2, 0.25) is 0 Å². The second-order valence-corrected chi connectivity index (χ2v) is 4.63. The summed E-state index contributed by atoms with van der Waals surface area (Å²) in [5.41, 5.74) is 2.91. The van der Waals surface area contributed by atoms with Crippen LogP contribution in [0.1, 0.15) is 41.3 Å². The van der Waals surface area contributed by atoms with Crippen molar-refractivity contribution in [3.8, 4) is 0 Å². The van der Waals surface area contributed by atoms with E-state index in [1.807, 2.05) is 26.0 Å². The van der Waals surface area contributed by atoms with Gasteiger partial charge >= 0.3 is 5.97 Å². The SMILES string of the molecule is Cc1ccc(C(=O)C[C@@H](C)CC(=O)O)cc1C. The number of carboxylic acids is 1. The maximum atomic E-state index is 11.9. The first-order valence-electron chi connectivity index (χ1n) is 5.72. The zero-order valence-electron chi connectivity index (χ0n) is 10.5. The Bertz CT molecular complexity index is 435. The normalized spacial score (nSPS) is 12.2. The molecule has 0 bridgehead atoms. The highest BCUT2D eigenvalue weighted by Gasteiger charge is 2.14. The van der Waals surface area contributed by atoms with Crippen LogP contribution in [0.2, 0.25) is 0 Å². The van der Waals surface area contributed by atoms with E-state index in [9.17, 15) is 9.59 Å². The van der Waals surface area contributed by atoms with Crippen LogP contribution in [0.25, 0.3) is 0 Å². The molecule has 1 aromatic rings. The maximum Gasteiger partial charge on any atom is 0.303 e. The zero-order valence-corrected chi connectivity index (χ0v) is 10.5. The van der Waals surface area contributed by atoms with E-state index in [2.05, 4.69) is 0 Å². The van der Waals surface area contributed by atoms with E-state index < -0.39 is 5.97 Å². The molecule has 0 heterocycles. The van der Waals surface area contributed by atoms with Gasteiger partial charge in [-0.15, -0.1) is 0 Å². The van der Waals surface area contributed by atoms with Crippen LogP contribution in [-0.4, -0.2) is 16.9 Å². The Labute approximate surface area is 101 Å². The van der Waals surface area contributed by atoms with E-state index >= 15 is 0 Å². The number of carbonyl (C=O) groups is 2. The van der Waals surface area contributed by atoms with Gasteiger partial charge in [-0.3, -0.25) is 9.59 Å². The Hall–Kier alpha value is -1.64. The highest BCUT2D eigenvalue weighted by atomic mass is 16.4. The molecule has 0 saturated carbocycles. The first kappa shape index (κ1) is 13.4. The summed E-state index contributed by atoms with van der Waals surface area (Å²) in [4.78, 5) is 22.4. The van der Waals surface area contributed by atoms with Crippen molar-refractivity contribution in [1.29, 1.82) is 0 Å². The monoisotopic (exact) mass is 234 g/mol. The Kier molecular flexibility index (Phi) is 4.44. The van der Waals surface area contributed by atoms with Gasteiger partial charge in [-0.1, -0.05) is 19.1 Å². The molecule has 0 aliphatic carbocycles. The molecule has 1 aromatic carbocycles. The molecule has 17 heavy (non-hydrogen) atoms. The van der Waals surface area contributed by atoms with Crippen LogP contribution >= 0.6 is 0 Å². The molecule has 0 aliphatic rings. The molecule has 92 valence electrons. The van der Waals surface area contributed by atoms with Crippen molar-refractivity contribution in [2.45, 2.75) is 33.6 Å². The maximum absolute atomic E-state index is 11.9. The number of aliphatic carboxylic acids is 1. The summed E-state index contributed by atoms with van der Waals surface area (Å²) in [6, 6.07) is 5.59. The van der Waals surface area contributed by atoms with Gasteiger partial charge in [0.25, 0.3) is 0 Å². The van der Waals surface area contributed by atoms with Crippen molar-refractivity contribution < 1.29 is 14.7 Å².